The average Bonchev–Trinajstić information content (AvgIpc) is 2.81. The molecule has 2 atom stereocenters. The number of halogens is 1. The van der Waals surface area contributed by atoms with E-state index in [1.165, 1.54) is 9.80 Å². The fourth-order valence-corrected chi connectivity index (χ4v) is 6.86. The largest absolute Gasteiger partial charge is 0.351 e. The Morgan fingerprint density at radius 3 is 2.48 bits per heavy atom. The molecule has 2 unspecified atom stereocenters. The van der Waals surface area contributed by atoms with Crippen LogP contribution in [0, 0.1) is 10.8 Å². The highest BCUT2D eigenvalue weighted by Gasteiger charge is 2.78. The highest BCUT2D eigenvalue weighted by Crippen LogP contribution is 2.43. The third-order valence-electron chi connectivity index (χ3n) is 7.10. The molecule has 1 amide bonds. The van der Waals surface area contributed by atoms with Crippen molar-refractivity contribution in [1.82, 2.24) is 0 Å². The second-order valence-electron chi connectivity index (χ2n) is 8.73. The number of rotatable bonds is 2. The van der Waals surface area contributed by atoms with E-state index < -0.39 is 5.66 Å². The number of ketones is 1. The Kier molecular flexibility index (Phi) is 3.02. The van der Waals surface area contributed by atoms with Crippen molar-refractivity contribution in [2.45, 2.75) is 32.4 Å². The maximum absolute atomic E-state index is 13.3. The van der Waals surface area contributed by atoms with Gasteiger partial charge < -0.3 is 5.32 Å². The number of fused-ring (bicyclic) bond motifs is 1. The molecule has 6 heteroatoms. The van der Waals surface area contributed by atoms with Crippen LogP contribution in [0.1, 0.15) is 32.3 Å². The van der Waals surface area contributed by atoms with E-state index in [-0.39, 0.29) is 16.7 Å². The summed E-state index contributed by atoms with van der Waals surface area (Å²) in [6.45, 7) is 7.39. The molecule has 0 radical (unpaired) electrons. The number of nitrogens with one attached hydrogen (secondary N) is 3. The first-order valence-corrected chi connectivity index (χ1v) is 10.0. The number of quaternary nitrogens is 2. The van der Waals surface area contributed by atoms with Gasteiger partial charge in [0.25, 0.3) is 0 Å². The number of amides is 1. The van der Waals surface area contributed by atoms with Crippen LogP contribution >= 0.6 is 15.9 Å². The first kappa shape index (κ1) is 16.0. The lowest BCUT2D eigenvalue weighted by Crippen LogP contribution is -3.48. The first-order chi connectivity index (χ1) is 11.9. The van der Waals surface area contributed by atoms with Crippen LogP contribution < -0.4 is 15.1 Å². The molecule has 0 aromatic heterocycles. The Morgan fingerprint density at radius 1 is 1.16 bits per heavy atom. The quantitative estimate of drug-likeness (QED) is 0.634. The summed E-state index contributed by atoms with van der Waals surface area (Å²) in [7, 11) is 0. The van der Waals surface area contributed by atoms with E-state index >= 15 is 0 Å². The summed E-state index contributed by atoms with van der Waals surface area (Å²) in [6.07, 6.45) is 1.96. The first-order valence-electron chi connectivity index (χ1n) is 9.22. The molecule has 4 fully saturated rings. The predicted octanol–water partition coefficient (Wildman–Crippen LogP) is -0.273. The van der Waals surface area contributed by atoms with Crippen molar-refractivity contribution < 1.29 is 19.4 Å². The molecule has 1 aromatic rings. The van der Waals surface area contributed by atoms with E-state index in [1.54, 1.807) is 0 Å². The third-order valence-corrected chi connectivity index (χ3v) is 7.60. The Labute approximate surface area is 155 Å². The van der Waals surface area contributed by atoms with Gasteiger partial charge in [-0.25, -0.2) is 0 Å². The van der Waals surface area contributed by atoms with Gasteiger partial charge in [-0.05, 0) is 31.5 Å². The SMILES string of the molecule is CCCC12C[NH+]3CC(C)(C[NH+](C1)C31C(=O)Nc3ccc(Br)cc31)C2=O. The third kappa shape index (κ3) is 1.71. The summed E-state index contributed by atoms with van der Waals surface area (Å²) in [6, 6.07) is 6.08. The van der Waals surface area contributed by atoms with Crippen molar-refractivity contribution in [2.24, 2.45) is 10.8 Å². The Bertz CT molecular complexity index is 805. The number of carbonyl (C=O) groups is 2. The van der Waals surface area contributed by atoms with Gasteiger partial charge in [-0.1, -0.05) is 29.3 Å². The second-order valence-corrected chi connectivity index (χ2v) is 9.64. The van der Waals surface area contributed by atoms with Crippen LogP contribution in [0.15, 0.2) is 22.7 Å². The van der Waals surface area contributed by atoms with Crippen molar-refractivity contribution in [3.8, 4) is 0 Å². The fraction of sp³-hybridized carbons (Fsp3) is 0.579. The molecule has 5 aliphatic heterocycles. The van der Waals surface area contributed by atoms with Crippen LogP contribution in [-0.2, 0) is 15.3 Å². The van der Waals surface area contributed by atoms with Gasteiger partial charge in [0.05, 0.1) is 5.69 Å². The van der Waals surface area contributed by atoms with Crippen molar-refractivity contribution in [3.05, 3.63) is 28.2 Å². The summed E-state index contributed by atoms with van der Waals surface area (Å²) in [5, 5.41) is 3.13. The number of Topliss-reactive ketones (excluding diaryl/α,β-unsaturated/α-hetero) is 1. The van der Waals surface area contributed by atoms with E-state index in [0.717, 1.165) is 54.7 Å². The van der Waals surface area contributed by atoms with Crippen LogP contribution in [0.3, 0.4) is 0 Å². The monoisotopic (exact) mass is 405 g/mol. The lowest BCUT2D eigenvalue weighted by atomic mass is 9.58. The van der Waals surface area contributed by atoms with Gasteiger partial charge in [-0.2, -0.15) is 0 Å². The number of hydrogen-bond acceptors (Lipinski definition) is 2. The number of anilines is 1. The van der Waals surface area contributed by atoms with Gasteiger partial charge in [-0.3, -0.25) is 19.4 Å². The van der Waals surface area contributed by atoms with Crippen molar-refractivity contribution in [1.29, 1.82) is 0 Å². The normalized spacial score (nSPS) is 43.6. The summed E-state index contributed by atoms with van der Waals surface area (Å²) in [5.74, 6) is 0.559. The molecule has 1 aromatic carbocycles. The maximum atomic E-state index is 13.3. The zero-order chi connectivity index (χ0) is 17.6. The minimum absolute atomic E-state index is 0.104. The van der Waals surface area contributed by atoms with Crippen LogP contribution in [0.4, 0.5) is 5.69 Å². The molecule has 4 bridgehead atoms. The van der Waals surface area contributed by atoms with Gasteiger partial charge in [-0.15, -0.1) is 0 Å². The van der Waals surface area contributed by atoms with Crippen molar-refractivity contribution in [3.63, 3.8) is 0 Å². The zero-order valence-electron chi connectivity index (χ0n) is 14.7. The van der Waals surface area contributed by atoms with Crippen LogP contribution in [-0.4, -0.2) is 37.9 Å². The number of carbonyl (C=O) groups excluding carboxylic acids is 2. The number of hydrogen-bond donors (Lipinski definition) is 3. The molecule has 5 nitrogen and oxygen atoms in total. The molecule has 3 N–H and O–H groups in total. The highest BCUT2D eigenvalue weighted by atomic mass is 79.9. The molecule has 132 valence electrons. The number of benzene rings is 1. The van der Waals surface area contributed by atoms with E-state index in [2.05, 4.69) is 41.2 Å². The molecule has 6 rings (SSSR count). The molecular formula is C19H24BrN3O2+2. The summed E-state index contributed by atoms with van der Waals surface area (Å²) < 4.78 is 1.00. The molecule has 4 saturated heterocycles. The maximum Gasteiger partial charge on any atom is 0.351 e. The zero-order valence-corrected chi connectivity index (χ0v) is 16.3. The van der Waals surface area contributed by atoms with Crippen molar-refractivity contribution >= 4 is 33.3 Å². The Hall–Kier alpha value is -1.24. The smallest absolute Gasteiger partial charge is 0.314 e. The van der Waals surface area contributed by atoms with Gasteiger partial charge in [0.1, 0.15) is 42.6 Å². The van der Waals surface area contributed by atoms with Crippen LogP contribution in [0.5, 0.6) is 0 Å². The summed E-state index contributed by atoms with van der Waals surface area (Å²) >= 11 is 3.58. The molecule has 25 heavy (non-hydrogen) atoms. The van der Waals surface area contributed by atoms with E-state index in [0.29, 0.717) is 5.78 Å². The van der Waals surface area contributed by atoms with Gasteiger partial charge >= 0.3 is 11.6 Å². The molecular weight excluding hydrogens is 382 g/mol. The van der Waals surface area contributed by atoms with E-state index in [4.69, 9.17) is 0 Å². The topological polar surface area (TPSA) is 55.1 Å². The molecule has 5 heterocycles. The lowest BCUT2D eigenvalue weighted by molar-refractivity contribution is -1.20. The minimum atomic E-state index is -0.587. The number of piperidine rings is 2. The van der Waals surface area contributed by atoms with Crippen LogP contribution in [0.25, 0.3) is 0 Å². The fourth-order valence-electron chi connectivity index (χ4n) is 6.50. The Balaban J connectivity index is 1.70. The standard InChI is InChI=1S/C19H22BrN3O2/c1-3-6-18-10-22-8-17(2,15(18)24)9-23(11-18)19(22)13-7-12(20)4-5-14(13)21-16(19)25/h4-5,7H,3,6,8-11H2,1-2H3,(H,21,25)/p+2. The van der Waals surface area contributed by atoms with Gasteiger partial charge in [0.15, 0.2) is 5.78 Å². The molecule has 0 saturated carbocycles. The van der Waals surface area contributed by atoms with Gasteiger partial charge in [0, 0.05) is 4.47 Å². The molecule has 0 aliphatic carbocycles. The minimum Gasteiger partial charge on any atom is -0.314 e. The Morgan fingerprint density at radius 2 is 1.84 bits per heavy atom. The van der Waals surface area contributed by atoms with Gasteiger partial charge in [0.2, 0.25) is 0 Å². The molecule has 1 spiro atoms. The highest BCUT2D eigenvalue weighted by molar-refractivity contribution is 9.10. The predicted molar refractivity (Wildman–Crippen MR) is 96.3 cm³/mol. The van der Waals surface area contributed by atoms with Crippen LogP contribution in [0.2, 0.25) is 0 Å². The summed E-state index contributed by atoms with van der Waals surface area (Å²) in [4.78, 5) is 29.1. The second kappa shape index (κ2) is 4.72. The molecule has 5 aliphatic rings. The van der Waals surface area contributed by atoms with E-state index in [9.17, 15) is 9.59 Å². The van der Waals surface area contributed by atoms with Crippen molar-refractivity contribution in [2.75, 3.05) is 31.5 Å². The van der Waals surface area contributed by atoms with E-state index in [1.807, 2.05) is 12.1 Å². The lowest BCUT2D eigenvalue weighted by Gasteiger charge is -2.62. The summed E-state index contributed by atoms with van der Waals surface area (Å²) in [5.41, 5.74) is 0.901. The average molecular weight is 406 g/mol.